The van der Waals surface area contributed by atoms with E-state index in [-0.39, 0.29) is 18.0 Å². The normalized spacial score (nSPS) is 11.2. The topological polar surface area (TPSA) is 101 Å². The largest absolute Gasteiger partial charge is 0.494 e. The second-order valence-electron chi connectivity index (χ2n) is 7.37. The molecule has 9 nitrogen and oxygen atoms in total. The average Bonchev–Trinajstić information content (AvgIpc) is 3.45. The van der Waals surface area contributed by atoms with Crippen LogP contribution in [-0.4, -0.2) is 36.1 Å². The van der Waals surface area contributed by atoms with E-state index >= 15 is 0 Å². The number of aryl methyl sites for hydroxylation is 1. The molecule has 2 aromatic carbocycles. The fraction of sp³-hybridized carbons (Fsp3) is 0.174. The molecule has 0 radical (unpaired) electrons. The molecule has 0 amide bonds. The van der Waals surface area contributed by atoms with Gasteiger partial charge in [0.05, 0.1) is 18.5 Å². The zero-order valence-electron chi connectivity index (χ0n) is 17.9. The van der Waals surface area contributed by atoms with Gasteiger partial charge >= 0.3 is 0 Å². The summed E-state index contributed by atoms with van der Waals surface area (Å²) in [4.78, 5) is 21.9. The second kappa shape index (κ2) is 8.51. The number of benzene rings is 2. The van der Waals surface area contributed by atoms with Crippen molar-refractivity contribution in [2.24, 2.45) is 0 Å². The molecule has 0 atom stereocenters. The first kappa shape index (κ1) is 20.9. The van der Waals surface area contributed by atoms with E-state index in [1.807, 2.05) is 44.2 Å². The highest BCUT2D eigenvalue weighted by Crippen LogP contribution is 2.23. The highest BCUT2D eigenvalue weighted by Gasteiger charge is 2.16. The predicted molar refractivity (Wildman–Crippen MR) is 123 cm³/mol. The standard InChI is InChI=1S/C23H19ClN6O3/c1-3-32-17-6-4-5-15(9-17)21-27-20(33-28-21)12-29-13-25-22-18(23(29)31)11-26-30(22)19-10-16(24)8-7-14(19)2/h4-11,13H,3,12H2,1-2H3. The Hall–Kier alpha value is -3.98. The van der Waals surface area contributed by atoms with Gasteiger partial charge in [-0.25, -0.2) is 9.67 Å². The molecule has 5 aromatic rings. The number of nitrogens with zero attached hydrogens (tertiary/aromatic N) is 6. The minimum atomic E-state index is -0.260. The fourth-order valence-corrected chi connectivity index (χ4v) is 3.69. The van der Waals surface area contributed by atoms with Crippen LogP contribution in [0.4, 0.5) is 0 Å². The first-order valence-electron chi connectivity index (χ1n) is 10.3. The maximum absolute atomic E-state index is 13.1. The summed E-state index contributed by atoms with van der Waals surface area (Å²) in [6.07, 6.45) is 2.95. The van der Waals surface area contributed by atoms with E-state index in [4.69, 9.17) is 20.9 Å². The Labute approximate surface area is 193 Å². The van der Waals surface area contributed by atoms with E-state index in [1.165, 1.54) is 17.1 Å². The number of fused-ring (bicyclic) bond motifs is 1. The summed E-state index contributed by atoms with van der Waals surface area (Å²) in [6.45, 7) is 4.51. The van der Waals surface area contributed by atoms with Crippen LogP contribution in [0.1, 0.15) is 18.4 Å². The monoisotopic (exact) mass is 462 g/mol. The van der Waals surface area contributed by atoms with Crippen LogP contribution < -0.4 is 10.3 Å². The van der Waals surface area contributed by atoms with Gasteiger partial charge < -0.3 is 9.26 Å². The number of aromatic nitrogens is 6. The van der Waals surface area contributed by atoms with Crippen LogP contribution >= 0.6 is 11.6 Å². The lowest BCUT2D eigenvalue weighted by Crippen LogP contribution is -2.21. The van der Waals surface area contributed by atoms with Crippen LogP contribution in [0, 0.1) is 6.92 Å². The van der Waals surface area contributed by atoms with Crippen LogP contribution in [0.15, 0.2) is 64.3 Å². The van der Waals surface area contributed by atoms with Gasteiger partial charge in [-0.15, -0.1) is 0 Å². The third-order valence-corrected chi connectivity index (χ3v) is 5.37. The van der Waals surface area contributed by atoms with E-state index in [0.717, 1.165) is 22.6 Å². The molecule has 0 saturated carbocycles. The van der Waals surface area contributed by atoms with Crippen molar-refractivity contribution in [2.45, 2.75) is 20.4 Å². The van der Waals surface area contributed by atoms with Crippen molar-refractivity contribution < 1.29 is 9.26 Å². The zero-order chi connectivity index (χ0) is 22.9. The maximum atomic E-state index is 13.1. The summed E-state index contributed by atoms with van der Waals surface area (Å²) < 4.78 is 13.9. The molecule has 0 N–H and O–H groups in total. The van der Waals surface area contributed by atoms with Gasteiger partial charge in [-0.1, -0.05) is 35.0 Å². The highest BCUT2D eigenvalue weighted by molar-refractivity contribution is 6.30. The lowest BCUT2D eigenvalue weighted by molar-refractivity contribution is 0.340. The Morgan fingerprint density at radius 2 is 2.06 bits per heavy atom. The fourth-order valence-electron chi connectivity index (χ4n) is 3.52. The van der Waals surface area contributed by atoms with Crippen molar-refractivity contribution in [3.05, 3.63) is 81.8 Å². The van der Waals surface area contributed by atoms with E-state index in [9.17, 15) is 4.79 Å². The summed E-state index contributed by atoms with van der Waals surface area (Å²) in [6, 6.07) is 12.9. The van der Waals surface area contributed by atoms with Gasteiger partial charge in [0.15, 0.2) is 5.65 Å². The first-order chi connectivity index (χ1) is 16.0. The smallest absolute Gasteiger partial charge is 0.264 e. The quantitative estimate of drug-likeness (QED) is 0.375. The van der Waals surface area contributed by atoms with Crippen molar-refractivity contribution in [3.63, 3.8) is 0 Å². The van der Waals surface area contributed by atoms with Crippen LogP contribution in [0.25, 0.3) is 28.1 Å². The third-order valence-electron chi connectivity index (χ3n) is 5.13. The summed E-state index contributed by atoms with van der Waals surface area (Å²) >= 11 is 6.14. The molecule has 0 spiro atoms. The van der Waals surface area contributed by atoms with Crippen LogP contribution in [0.5, 0.6) is 5.75 Å². The molecular weight excluding hydrogens is 444 g/mol. The lowest BCUT2D eigenvalue weighted by Gasteiger charge is -2.08. The van der Waals surface area contributed by atoms with Gasteiger partial charge in [0, 0.05) is 10.6 Å². The Morgan fingerprint density at radius 1 is 1.18 bits per heavy atom. The Morgan fingerprint density at radius 3 is 2.91 bits per heavy atom. The molecule has 3 heterocycles. The van der Waals surface area contributed by atoms with Crippen molar-refractivity contribution in [2.75, 3.05) is 6.61 Å². The van der Waals surface area contributed by atoms with E-state index in [2.05, 4.69) is 20.2 Å². The molecule has 0 aliphatic heterocycles. The molecule has 5 rings (SSSR count). The number of rotatable bonds is 6. The van der Waals surface area contributed by atoms with Gasteiger partial charge in [0.2, 0.25) is 11.7 Å². The Bertz CT molecular complexity index is 1520. The van der Waals surface area contributed by atoms with Gasteiger partial charge in [-0.3, -0.25) is 9.36 Å². The molecule has 0 bridgehead atoms. The van der Waals surface area contributed by atoms with Crippen molar-refractivity contribution in [1.29, 1.82) is 0 Å². The molecular formula is C23H19ClN6O3. The first-order valence-corrected chi connectivity index (χ1v) is 10.7. The van der Waals surface area contributed by atoms with Crippen LogP contribution in [0.2, 0.25) is 5.02 Å². The molecule has 166 valence electrons. The van der Waals surface area contributed by atoms with Gasteiger partial charge in [0.25, 0.3) is 5.56 Å². The summed E-state index contributed by atoms with van der Waals surface area (Å²) in [5.74, 6) is 1.42. The molecule has 0 aliphatic carbocycles. The van der Waals surface area contributed by atoms with Crippen LogP contribution in [-0.2, 0) is 6.54 Å². The van der Waals surface area contributed by atoms with Gasteiger partial charge in [-0.2, -0.15) is 10.1 Å². The minimum absolute atomic E-state index is 0.0846. The number of halogens is 1. The number of hydrogen-bond donors (Lipinski definition) is 0. The molecule has 0 fully saturated rings. The molecule has 33 heavy (non-hydrogen) atoms. The SMILES string of the molecule is CCOc1cccc(-c2noc(Cn3cnc4c(cnn4-c4cc(Cl)ccc4C)c3=O)n2)c1. The summed E-state index contributed by atoms with van der Waals surface area (Å²) in [5.41, 5.74) is 2.67. The van der Waals surface area contributed by atoms with Crippen LogP contribution in [0.3, 0.4) is 0 Å². The van der Waals surface area contributed by atoms with Crippen molar-refractivity contribution in [3.8, 4) is 22.8 Å². The van der Waals surface area contributed by atoms with Crippen molar-refractivity contribution in [1.82, 2.24) is 29.5 Å². The second-order valence-corrected chi connectivity index (χ2v) is 7.81. The number of ether oxygens (including phenoxy) is 1. The molecule has 0 saturated heterocycles. The van der Waals surface area contributed by atoms with E-state index in [1.54, 1.807) is 16.8 Å². The Balaban J connectivity index is 1.45. The number of hydrogen-bond acceptors (Lipinski definition) is 7. The van der Waals surface area contributed by atoms with E-state index < -0.39 is 0 Å². The minimum Gasteiger partial charge on any atom is -0.494 e. The Kier molecular flexibility index (Phi) is 5.39. The summed E-state index contributed by atoms with van der Waals surface area (Å²) in [7, 11) is 0. The third kappa shape index (κ3) is 3.98. The van der Waals surface area contributed by atoms with E-state index in [0.29, 0.717) is 28.5 Å². The maximum Gasteiger partial charge on any atom is 0.264 e. The molecule has 3 aromatic heterocycles. The highest BCUT2D eigenvalue weighted by atomic mass is 35.5. The molecule has 0 unspecified atom stereocenters. The predicted octanol–water partition coefficient (Wildman–Crippen LogP) is 4.04. The van der Waals surface area contributed by atoms with Crippen molar-refractivity contribution >= 4 is 22.6 Å². The van der Waals surface area contributed by atoms with Gasteiger partial charge in [-0.05, 0) is 43.7 Å². The molecule has 10 heteroatoms. The average molecular weight is 463 g/mol. The van der Waals surface area contributed by atoms with Gasteiger partial charge in [0.1, 0.15) is 24.0 Å². The summed E-state index contributed by atoms with van der Waals surface area (Å²) in [5, 5.41) is 9.35. The lowest BCUT2D eigenvalue weighted by atomic mass is 10.2. The zero-order valence-corrected chi connectivity index (χ0v) is 18.7. The molecule has 0 aliphatic rings.